The molecule has 1 aromatic heterocycles. The number of benzene rings is 2. The average molecular weight is 373 g/mol. The monoisotopic (exact) mass is 373 g/mol. The third-order valence-electron chi connectivity index (χ3n) is 4.47. The summed E-state index contributed by atoms with van der Waals surface area (Å²) in [5.74, 6) is 0.263. The van der Waals surface area contributed by atoms with Crippen molar-refractivity contribution in [2.45, 2.75) is 6.42 Å². The van der Waals surface area contributed by atoms with Gasteiger partial charge in [-0.15, -0.1) is 0 Å². The summed E-state index contributed by atoms with van der Waals surface area (Å²) in [6.45, 7) is 0.578. The molecule has 1 aliphatic heterocycles. The molecule has 6 nitrogen and oxygen atoms in total. The summed E-state index contributed by atoms with van der Waals surface area (Å²) < 4.78 is 5.47. The van der Waals surface area contributed by atoms with Crippen molar-refractivity contribution < 1.29 is 14.3 Å². The minimum Gasteiger partial charge on any atom is -0.493 e. The Kier molecular flexibility index (Phi) is 5.01. The number of amides is 2. The highest BCUT2D eigenvalue weighted by molar-refractivity contribution is 6.02. The molecule has 0 bridgehead atoms. The fraction of sp³-hybridized carbons (Fsp3) is 0.136. The van der Waals surface area contributed by atoms with E-state index in [-0.39, 0.29) is 18.4 Å². The van der Waals surface area contributed by atoms with Crippen molar-refractivity contribution in [1.82, 2.24) is 10.3 Å². The second-order valence-corrected chi connectivity index (χ2v) is 6.45. The van der Waals surface area contributed by atoms with Crippen LogP contribution in [-0.2, 0) is 16.0 Å². The number of para-hydroxylation sites is 1. The molecular formula is C22H19N3O3. The van der Waals surface area contributed by atoms with Gasteiger partial charge in [0.25, 0.3) is 0 Å². The van der Waals surface area contributed by atoms with Crippen LogP contribution in [0, 0.1) is 0 Å². The number of hydrogen-bond acceptors (Lipinski definition) is 4. The van der Waals surface area contributed by atoms with Gasteiger partial charge in [0.1, 0.15) is 5.75 Å². The number of pyridine rings is 1. The van der Waals surface area contributed by atoms with E-state index in [9.17, 15) is 9.59 Å². The summed E-state index contributed by atoms with van der Waals surface area (Å²) in [7, 11) is 0. The molecule has 0 atom stereocenters. The predicted molar refractivity (Wildman–Crippen MR) is 108 cm³/mol. The van der Waals surface area contributed by atoms with Crippen molar-refractivity contribution >= 4 is 34.5 Å². The molecule has 28 heavy (non-hydrogen) atoms. The van der Waals surface area contributed by atoms with E-state index in [2.05, 4.69) is 15.6 Å². The molecule has 0 saturated heterocycles. The molecule has 0 radical (unpaired) electrons. The SMILES string of the molecule is O=C(/C=C/c1ccc2c(c1)CCO2)NCC(=O)Nc1cccc2cccnc12. The van der Waals surface area contributed by atoms with Crippen LogP contribution < -0.4 is 15.4 Å². The van der Waals surface area contributed by atoms with Crippen LogP contribution in [0.1, 0.15) is 11.1 Å². The molecule has 2 aromatic carbocycles. The van der Waals surface area contributed by atoms with Gasteiger partial charge in [0, 0.05) is 24.1 Å². The van der Waals surface area contributed by atoms with Crippen LogP contribution in [0.15, 0.2) is 60.8 Å². The van der Waals surface area contributed by atoms with Gasteiger partial charge >= 0.3 is 0 Å². The van der Waals surface area contributed by atoms with Crippen molar-refractivity contribution in [3.05, 3.63) is 71.9 Å². The van der Waals surface area contributed by atoms with E-state index in [1.54, 1.807) is 18.3 Å². The first-order chi connectivity index (χ1) is 13.7. The zero-order valence-corrected chi connectivity index (χ0v) is 15.1. The number of rotatable bonds is 5. The van der Waals surface area contributed by atoms with Crippen LogP contribution in [0.5, 0.6) is 5.75 Å². The molecule has 0 unspecified atom stereocenters. The van der Waals surface area contributed by atoms with E-state index in [1.807, 2.05) is 42.5 Å². The van der Waals surface area contributed by atoms with Gasteiger partial charge in [0.2, 0.25) is 11.8 Å². The van der Waals surface area contributed by atoms with E-state index < -0.39 is 0 Å². The molecular weight excluding hydrogens is 354 g/mol. The molecule has 2 amide bonds. The highest BCUT2D eigenvalue weighted by atomic mass is 16.5. The summed E-state index contributed by atoms with van der Waals surface area (Å²) in [5, 5.41) is 6.32. The van der Waals surface area contributed by atoms with Crippen molar-refractivity contribution in [3.63, 3.8) is 0 Å². The summed E-state index contributed by atoms with van der Waals surface area (Å²) in [4.78, 5) is 28.5. The second kappa shape index (κ2) is 7.92. The number of anilines is 1. The molecule has 1 aliphatic rings. The molecule has 2 heterocycles. The molecule has 0 fully saturated rings. The van der Waals surface area contributed by atoms with E-state index in [0.717, 1.165) is 28.7 Å². The molecule has 0 aliphatic carbocycles. The number of nitrogens with zero attached hydrogens (tertiary/aromatic N) is 1. The van der Waals surface area contributed by atoms with Crippen molar-refractivity contribution in [1.29, 1.82) is 0 Å². The minimum atomic E-state index is -0.331. The fourth-order valence-corrected chi connectivity index (χ4v) is 3.11. The summed E-state index contributed by atoms with van der Waals surface area (Å²) in [5.41, 5.74) is 3.40. The third kappa shape index (κ3) is 4.01. The standard InChI is InChI=1S/C22H19N3O3/c26-20(9-7-15-6-8-19-17(13-15)10-12-28-19)24-14-21(27)25-18-5-1-3-16-4-2-11-23-22(16)18/h1-9,11,13H,10,12,14H2,(H,24,26)(H,25,27)/b9-7+. The molecule has 0 saturated carbocycles. The van der Waals surface area contributed by atoms with Crippen LogP contribution in [0.25, 0.3) is 17.0 Å². The Balaban J connectivity index is 1.32. The van der Waals surface area contributed by atoms with Gasteiger partial charge in [-0.05, 0) is 41.5 Å². The Morgan fingerprint density at radius 1 is 1.14 bits per heavy atom. The quantitative estimate of drug-likeness (QED) is 0.674. The largest absolute Gasteiger partial charge is 0.493 e. The van der Waals surface area contributed by atoms with Crippen LogP contribution in [-0.4, -0.2) is 29.9 Å². The van der Waals surface area contributed by atoms with Gasteiger partial charge < -0.3 is 15.4 Å². The minimum absolute atomic E-state index is 0.121. The molecule has 6 heteroatoms. The maximum absolute atomic E-state index is 12.2. The summed E-state index contributed by atoms with van der Waals surface area (Å²) in [6.07, 6.45) is 5.70. The van der Waals surface area contributed by atoms with Gasteiger partial charge in [-0.3, -0.25) is 14.6 Å². The fourth-order valence-electron chi connectivity index (χ4n) is 3.11. The molecule has 3 aromatic rings. The van der Waals surface area contributed by atoms with Gasteiger partial charge in [-0.1, -0.05) is 24.3 Å². The lowest BCUT2D eigenvalue weighted by Crippen LogP contribution is -2.31. The zero-order valence-electron chi connectivity index (χ0n) is 15.1. The summed E-state index contributed by atoms with van der Waals surface area (Å²) >= 11 is 0. The molecule has 0 spiro atoms. The number of carbonyl (C=O) groups is 2. The number of aromatic nitrogens is 1. The van der Waals surface area contributed by atoms with E-state index in [0.29, 0.717) is 17.8 Å². The van der Waals surface area contributed by atoms with Crippen LogP contribution in [0.3, 0.4) is 0 Å². The van der Waals surface area contributed by atoms with E-state index in [4.69, 9.17) is 4.74 Å². The Labute approximate surface area is 162 Å². The molecule has 140 valence electrons. The number of carbonyl (C=O) groups excluding carboxylic acids is 2. The first kappa shape index (κ1) is 17.7. The van der Waals surface area contributed by atoms with Crippen LogP contribution in [0.2, 0.25) is 0 Å². The lowest BCUT2D eigenvalue weighted by atomic mass is 10.1. The van der Waals surface area contributed by atoms with Crippen molar-refractivity contribution in [2.75, 3.05) is 18.5 Å². The zero-order chi connectivity index (χ0) is 19.3. The van der Waals surface area contributed by atoms with Gasteiger partial charge in [-0.2, -0.15) is 0 Å². The number of hydrogen-bond donors (Lipinski definition) is 2. The van der Waals surface area contributed by atoms with Crippen molar-refractivity contribution in [3.8, 4) is 5.75 Å². The third-order valence-corrected chi connectivity index (χ3v) is 4.47. The topological polar surface area (TPSA) is 80.3 Å². The van der Waals surface area contributed by atoms with Crippen LogP contribution >= 0.6 is 0 Å². The highest BCUT2D eigenvalue weighted by Crippen LogP contribution is 2.26. The van der Waals surface area contributed by atoms with Gasteiger partial charge in [0.05, 0.1) is 24.4 Å². The maximum Gasteiger partial charge on any atom is 0.244 e. The predicted octanol–water partition coefficient (Wildman–Crippen LogP) is 2.94. The maximum atomic E-state index is 12.2. The Bertz CT molecular complexity index is 1070. The first-order valence-electron chi connectivity index (χ1n) is 9.04. The van der Waals surface area contributed by atoms with E-state index in [1.165, 1.54) is 6.08 Å². The number of nitrogens with one attached hydrogen (secondary N) is 2. The van der Waals surface area contributed by atoms with Gasteiger partial charge in [-0.25, -0.2) is 0 Å². The number of fused-ring (bicyclic) bond motifs is 2. The Hall–Kier alpha value is -3.67. The first-order valence-corrected chi connectivity index (χ1v) is 9.04. The van der Waals surface area contributed by atoms with Crippen LogP contribution in [0.4, 0.5) is 5.69 Å². The van der Waals surface area contributed by atoms with Gasteiger partial charge in [0.15, 0.2) is 0 Å². The normalized spacial score (nSPS) is 12.6. The highest BCUT2D eigenvalue weighted by Gasteiger charge is 2.11. The Morgan fingerprint density at radius 2 is 2.04 bits per heavy atom. The molecule has 4 rings (SSSR count). The smallest absolute Gasteiger partial charge is 0.244 e. The molecule has 2 N–H and O–H groups in total. The number of ether oxygens (including phenoxy) is 1. The lowest BCUT2D eigenvalue weighted by Gasteiger charge is -2.08. The average Bonchev–Trinajstić information content (AvgIpc) is 3.19. The Morgan fingerprint density at radius 3 is 2.96 bits per heavy atom. The van der Waals surface area contributed by atoms with E-state index >= 15 is 0 Å². The second-order valence-electron chi connectivity index (χ2n) is 6.45. The lowest BCUT2D eigenvalue weighted by molar-refractivity contribution is -0.121. The van der Waals surface area contributed by atoms with Crippen molar-refractivity contribution in [2.24, 2.45) is 0 Å². The summed E-state index contributed by atoms with van der Waals surface area (Å²) in [6, 6.07) is 15.1.